The number of nitrogens with zero attached hydrogens (tertiary/aromatic N) is 2. The Kier molecular flexibility index (Phi) is 2.98. The molecule has 0 fully saturated rings. The standard InChI is InChI=1S/C10H17N3/c1-4-10(11,8(2)3)9-5-12-7-13-6-9/h5-8H,4,11H2,1-3H3. The van der Waals surface area contributed by atoms with Gasteiger partial charge in [-0.2, -0.15) is 0 Å². The van der Waals surface area contributed by atoms with Gasteiger partial charge in [-0.25, -0.2) is 9.97 Å². The Morgan fingerprint density at radius 3 is 2.31 bits per heavy atom. The van der Waals surface area contributed by atoms with Crippen LogP contribution in [-0.2, 0) is 5.54 Å². The van der Waals surface area contributed by atoms with Gasteiger partial charge in [0.05, 0.1) is 0 Å². The first-order chi connectivity index (χ1) is 6.11. The van der Waals surface area contributed by atoms with Crippen LogP contribution < -0.4 is 5.73 Å². The molecule has 1 aromatic rings. The normalized spacial score (nSPS) is 15.8. The van der Waals surface area contributed by atoms with Crippen LogP contribution in [0.3, 0.4) is 0 Å². The fourth-order valence-corrected chi connectivity index (χ4v) is 1.49. The molecule has 0 aliphatic rings. The van der Waals surface area contributed by atoms with Crippen LogP contribution in [0.15, 0.2) is 18.7 Å². The Morgan fingerprint density at radius 1 is 1.38 bits per heavy atom. The number of aromatic nitrogens is 2. The highest BCUT2D eigenvalue weighted by Crippen LogP contribution is 2.28. The summed E-state index contributed by atoms with van der Waals surface area (Å²) in [7, 11) is 0. The Bertz CT molecular complexity index is 258. The zero-order valence-electron chi connectivity index (χ0n) is 8.49. The lowest BCUT2D eigenvalue weighted by atomic mass is 9.80. The Labute approximate surface area is 79.4 Å². The molecule has 0 aromatic carbocycles. The zero-order valence-corrected chi connectivity index (χ0v) is 8.49. The maximum Gasteiger partial charge on any atom is 0.115 e. The van der Waals surface area contributed by atoms with Crippen LogP contribution in [0, 0.1) is 5.92 Å². The van der Waals surface area contributed by atoms with E-state index in [2.05, 4.69) is 30.7 Å². The van der Waals surface area contributed by atoms with E-state index < -0.39 is 0 Å². The minimum Gasteiger partial charge on any atom is -0.321 e. The molecule has 3 nitrogen and oxygen atoms in total. The van der Waals surface area contributed by atoms with E-state index in [0.29, 0.717) is 5.92 Å². The highest BCUT2D eigenvalue weighted by molar-refractivity contribution is 5.17. The van der Waals surface area contributed by atoms with Gasteiger partial charge in [0.1, 0.15) is 6.33 Å². The molecule has 3 heteroatoms. The number of hydrogen-bond acceptors (Lipinski definition) is 3. The van der Waals surface area contributed by atoms with Crippen LogP contribution in [0.2, 0.25) is 0 Å². The summed E-state index contributed by atoms with van der Waals surface area (Å²) in [6, 6.07) is 0. The molecule has 0 bridgehead atoms. The van der Waals surface area contributed by atoms with Crippen molar-refractivity contribution in [3.8, 4) is 0 Å². The summed E-state index contributed by atoms with van der Waals surface area (Å²) in [5.74, 6) is 0.392. The molecule has 13 heavy (non-hydrogen) atoms. The monoisotopic (exact) mass is 179 g/mol. The topological polar surface area (TPSA) is 51.8 Å². The molecule has 0 spiro atoms. The van der Waals surface area contributed by atoms with Crippen molar-refractivity contribution in [3.63, 3.8) is 0 Å². The van der Waals surface area contributed by atoms with Gasteiger partial charge in [0.15, 0.2) is 0 Å². The molecule has 1 heterocycles. The van der Waals surface area contributed by atoms with Gasteiger partial charge < -0.3 is 5.73 Å². The molecule has 0 saturated carbocycles. The summed E-state index contributed by atoms with van der Waals surface area (Å²) >= 11 is 0. The molecule has 0 aliphatic heterocycles. The van der Waals surface area contributed by atoms with E-state index in [9.17, 15) is 0 Å². The van der Waals surface area contributed by atoms with Crippen molar-refractivity contribution < 1.29 is 0 Å². The number of hydrogen-bond donors (Lipinski definition) is 1. The summed E-state index contributed by atoms with van der Waals surface area (Å²) < 4.78 is 0. The van der Waals surface area contributed by atoms with Crippen LogP contribution >= 0.6 is 0 Å². The van der Waals surface area contributed by atoms with Crippen molar-refractivity contribution in [1.82, 2.24) is 9.97 Å². The van der Waals surface area contributed by atoms with Crippen LogP contribution in [0.4, 0.5) is 0 Å². The van der Waals surface area contributed by atoms with Gasteiger partial charge in [0.2, 0.25) is 0 Å². The second-order valence-electron chi connectivity index (χ2n) is 3.68. The van der Waals surface area contributed by atoms with Crippen molar-refractivity contribution >= 4 is 0 Å². The lowest BCUT2D eigenvalue weighted by Crippen LogP contribution is -2.41. The predicted molar refractivity (Wildman–Crippen MR) is 53.0 cm³/mol. The van der Waals surface area contributed by atoms with E-state index in [-0.39, 0.29) is 5.54 Å². The van der Waals surface area contributed by atoms with E-state index in [4.69, 9.17) is 5.73 Å². The highest BCUT2D eigenvalue weighted by Gasteiger charge is 2.29. The summed E-state index contributed by atoms with van der Waals surface area (Å²) in [5.41, 5.74) is 7.01. The molecule has 1 rings (SSSR count). The lowest BCUT2D eigenvalue weighted by molar-refractivity contribution is 0.304. The first-order valence-electron chi connectivity index (χ1n) is 4.65. The maximum atomic E-state index is 6.28. The average molecular weight is 179 g/mol. The largest absolute Gasteiger partial charge is 0.321 e. The molecule has 0 saturated heterocycles. The van der Waals surface area contributed by atoms with E-state index >= 15 is 0 Å². The Balaban J connectivity index is 3.03. The molecular weight excluding hydrogens is 162 g/mol. The molecular formula is C10H17N3. The van der Waals surface area contributed by atoms with Crippen LogP contribution in [0.25, 0.3) is 0 Å². The second-order valence-corrected chi connectivity index (χ2v) is 3.68. The third-order valence-corrected chi connectivity index (χ3v) is 2.71. The number of rotatable bonds is 3. The van der Waals surface area contributed by atoms with Gasteiger partial charge in [-0.05, 0) is 12.3 Å². The fourth-order valence-electron chi connectivity index (χ4n) is 1.49. The van der Waals surface area contributed by atoms with Crippen LogP contribution in [0.5, 0.6) is 0 Å². The molecule has 1 unspecified atom stereocenters. The summed E-state index contributed by atoms with van der Waals surface area (Å²) in [6.07, 6.45) is 6.03. The summed E-state index contributed by atoms with van der Waals surface area (Å²) in [6.45, 7) is 6.33. The van der Waals surface area contributed by atoms with Gasteiger partial charge in [-0.15, -0.1) is 0 Å². The molecule has 1 atom stereocenters. The van der Waals surface area contributed by atoms with Gasteiger partial charge >= 0.3 is 0 Å². The number of nitrogens with two attached hydrogens (primary N) is 1. The third-order valence-electron chi connectivity index (χ3n) is 2.71. The quantitative estimate of drug-likeness (QED) is 0.768. The third kappa shape index (κ3) is 1.86. The van der Waals surface area contributed by atoms with Gasteiger partial charge in [-0.1, -0.05) is 20.8 Å². The van der Waals surface area contributed by atoms with E-state index in [1.165, 1.54) is 6.33 Å². The Hall–Kier alpha value is -0.960. The minimum absolute atomic E-state index is 0.290. The molecule has 0 radical (unpaired) electrons. The van der Waals surface area contributed by atoms with E-state index in [1.54, 1.807) is 12.4 Å². The molecule has 1 aromatic heterocycles. The van der Waals surface area contributed by atoms with E-state index in [0.717, 1.165) is 12.0 Å². The van der Waals surface area contributed by atoms with Crippen LogP contribution in [-0.4, -0.2) is 9.97 Å². The Morgan fingerprint density at radius 2 is 1.92 bits per heavy atom. The molecule has 72 valence electrons. The minimum atomic E-state index is -0.290. The summed E-state index contributed by atoms with van der Waals surface area (Å²) in [4.78, 5) is 7.98. The first-order valence-corrected chi connectivity index (χ1v) is 4.65. The SMILES string of the molecule is CCC(N)(c1cncnc1)C(C)C. The van der Waals surface area contributed by atoms with Crippen molar-refractivity contribution in [2.45, 2.75) is 32.7 Å². The zero-order chi connectivity index (χ0) is 9.90. The summed E-state index contributed by atoms with van der Waals surface area (Å²) in [5, 5.41) is 0. The van der Waals surface area contributed by atoms with E-state index in [1.807, 2.05) is 0 Å². The smallest absolute Gasteiger partial charge is 0.115 e. The fraction of sp³-hybridized carbons (Fsp3) is 0.600. The van der Waals surface area contributed by atoms with Crippen molar-refractivity contribution in [1.29, 1.82) is 0 Å². The molecule has 0 aliphatic carbocycles. The van der Waals surface area contributed by atoms with Gasteiger partial charge in [0.25, 0.3) is 0 Å². The van der Waals surface area contributed by atoms with Gasteiger partial charge in [0, 0.05) is 23.5 Å². The van der Waals surface area contributed by atoms with Crippen LogP contribution in [0.1, 0.15) is 32.8 Å². The molecule has 0 amide bonds. The van der Waals surface area contributed by atoms with Crippen molar-refractivity contribution in [2.24, 2.45) is 11.7 Å². The lowest BCUT2D eigenvalue weighted by Gasteiger charge is -2.32. The van der Waals surface area contributed by atoms with Gasteiger partial charge in [-0.3, -0.25) is 0 Å². The maximum absolute atomic E-state index is 6.28. The highest BCUT2D eigenvalue weighted by atomic mass is 14.8. The predicted octanol–water partition coefficient (Wildman–Crippen LogP) is 1.70. The van der Waals surface area contributed by atoms with Crippen molar-refractivity contribution in [2.75, 3.05) is 0 Å². The van der Waals surface area contributed by atoms with Crippen molar-refractivity contribution in [3.05, 3.63) is 24.3 Å². The first kappa shape index (κ1) is 10.1. The molecule has 2 N–H and O–H groups in total. The average Bonchev–Trinajstić information content (AvgIpc) is 2.17. The second kappa shape index (κ2) is 3.83.